The topological polar surface area (TPSA) is 71.1 Å². The molecule has 36 heavy (non-hydrogen) atoms. The minimum atomic E-state index is -3.86. The SMILES string of the molecule is Cl.O=S(=O)(NCC1CCC(NCC(Cc2cccnc2)c2ccc(F)cc2)CC1)c1ccccc1F. The zero-order valence-corrected chi connectivity index (χ0v) is 21.6. The summed E-state index contributed by atoms with van der Waals surface area (Å²) in [7, 11) is -3.86. The third kappa shape index (κ3) is 7.80. The second-order valence-electron chi connectivity index (χ2n) is 9.22. The minimum Gasteiger partial charge on any atom is -0.313 e. The van der Waals surface area contributed by atoms with E-state index in [2.05, 4.69) is 21.1 Å². The number of sulfonamides is 1. The van der Waals surface area contributed by atoms with E-state index in [9.17, 15) is 17.2 Å². The molecular formula is C27H32ClF2N3O2S. The summed E-state index contributed by atoms with van der Waals surface area (Å²) in [6.07, 6.45) is 8.08. The van der Waals surface area contributed by atoms with Crippen LogP contribution in [0.25, 0.3) is 0 Å². The third-order valence-electron chi connectivity index (χ3n) is 6.73. The zero-order valence-electron chi connectivity index (χ0n) is 19.9. The largest absolute Gasteiger partial charge is 0.313 e. The Kier molecular flexibility index (Phi) is 10.4. The van der Waals surface area contributed by atoms with Gasteiger partial charge in [-0.3, -0.25) is 4.98 Å². The van der Waals surface area contributed by atoms with Gasteiger partial charge in [0, 0.05) is 37.4 Å². The Morgan fingerprint density at radius 3 is 2.33 bits per heavy atom. The van der Waals surface area contributed by atoms with E-state index in [1.807, 2.05) is 24.4 Å². The van der Waals surface area contributed by atoms with E-state index in [0.29, 0.717) is 12.6 Å². The number of hydrogen-bond donors (Lipinski definition) is 2. The standard InChI is InChI=1S/C27H31F2N3O2S.ClH/c28-24-11-9-22(10-12-24)23(16-21-4-3-15-30-17-21)19-31-25-13-7-20(8-14-25)18-32-35(33,34)27-6-2-1-5-26(27)29;/h1-6,9-12,15,17,20,23,25,31-32H,7-8,13-14,16,18-19H2;1H. The molecule has 0 saturated heterocycles. The van der Waals surface area contributed by atoms with E-state index in [1.165, 1.54) is 30.3 Å². The van der Waals surface area contributed by atoms with Crippen LogP contribution in [0.2, 0.25) is 0 Å². The van der Waals surface area contributed by atoms with Gasteiger partial charge in [0.2, 0.25) is 10.0 Å². The maximum absolute atomic E-state index is 13.9. The van der Waals surface area contributed by atoms with Crippen LogP contribution < -0.4 is 10.0 Å². The van der Waals surface area contributed by atoms with Gasteiger partial charge >= 0.3 is 0 Å². The molecule has 1 aromatic heterocycles. The number of aromatic nitrogens is 1. The molecule has 5 nitrogen and oxygen atoms in total. The Labute approximate surface area is 218 Å². The fraction of sp³-hybridized carbons (Fsp3) is 0.370. The molecule has 1 aliphatic carbocycles. The van der Waals surface area contributed by atoms with E-state index in [0.717, 1.165) is 55.8 Å². The van der Waals surface area contributed by atoms with Crippen molar-refractivity contribution >= 4 is 22.4 Å². The first-order valence-electron chi connectivity index (χ1n) is 12.0. The van der Waals surface area contributed by atoms with Gasteiger partial charge in [0.15, 0.2) is 0 Å². The first-order chi connectivity index (χ1) is 16.9. The maximum atomic E-state index is 13.9. The Balaban J connectivity index is 0.00000361. The van der Waals surface area contributed by atoms with Gasteiger partial charge in [-0.25, -0.2) is 21.9 Å². The summed E-state index contributed by atoms with van der Waals surface area (Å²) in [5.74, 6) is -0.580. The second-order valence-corrected chi connectivity index (χ2v) is 11.0. The number of rotatable bonds is 10. The van der Waals surface area contributed by atoms with Crippen molar-refractivity contribution in [1.82, 2.24) is 15.0 Å². The number of hydrogen-bond acceptors (Lipinski definition) is 4. The molecule has 0 amide bonds. The zero-order chi connectivity index (χ0) is 24.7. The van der Waals surface area contributed by atoms with Crippen molar-refractivity contribution in [3.63, 3.8) is 0 Å². The summed E-state index contributed by atoms with van der Waals surface area (Å²) >= 11 is 0. The van der Waals surface area contributed by atoms with E-state index in [1.54, 1.807) is 6.20 Å². The van der Waals surface area contributed by atoms with Crippen LogP contribution >= 0.6 is 12.4 Å². The lowest BCUT2D eigenvalue weighted by Crippen LogP contribution is -2.38. The molecule has 1 atom stereocenters. The molecule has 2 N–H and O–H groups in total. The normalized spacial score (nSPS) is 18.8. The molecular weight excluding hydrogens is 504 g/mol. The number of benzene rings is 2. The number of pyridine rings is 1. The summed E-state index contributed by atoms with van der Waals surface area (Å²) in [5.41, 5.74) is 2.22. The van der Waals surface area contributed by atoms with Gasteiger partial charge in [-0.1, -0.05) is 30.3 Å². The summed E-state index contributed by atoms with van der Waals surface area (Å²) < 4.78 is 54.8. The van der Waals surface area contributed by atoms with Crippen molar-refractivity contribution < 1.29 is 17.2 Å². The highest BCUT2D eigenvalue weighted by atomic mass is 35.5. The molecule has 194 valence electrons. The quantitative estimate of drug-likeness (QED) is 0.373. The van der Waals surface area contributed by atoms with E-state index in [-0.39, 0.29) is 35.0 Å². The van der Waals surface area contributed by atoms with Gasteiger partial charge in [0.1, 0.15) is 16.5 Å². The van der Waals surface area contributed by atoms with Gasteiger partial charge in [-0.15, -0.1) is 12.4 Å². The Morgan fingerprint density at radius 2 is 1.67 bits per heavy atom. The minimum absolute atomic E-state index is 0. The molecule has 4 rings (SSSR count). The highest BCUT2D eigenvalue weighted by molar-refractivity contribution is 7.89. The van der Waals surface area contributed by atoms with Gasteiger partial charge in [0.05, 0.1) is 0 Å². The van der Waals surface area contributed by atoms with Crippen LogP contribution in [0.3, 0.4) is 0 Å². The number of nitrogens with zero attached hydrogens (tertiary/aromatic N) is 1. The molecule has 1 heterocycles. The van der Waals surface area contributed by atoms with Gasteiger partial charge < -0.3 is 5.32 Å². The highest BCUT2D eigenvalue weighted by Crippen LogP contribution is 2.26. The van der Waals surface area contributed by atoms with Crippen LogP contribution in [-0.4, -0.2) is 32.5 Å². The predicted octanol–water partition coefficient (Wildman–Crippen LogP) is 5.23. The highest BCUT2D eigenvalue weighted by Gasteiger charge is 2.25. The lowest BCUT2D eigenvalue weighted by molar-refractivity contribution is 0.288. The molecule has 1 unspecified atom stereocenters. The fourth-order valence-electron chi connectivity index (χ4n) is 4.69. The molecule has 0 bridgehead atoms. The molecule has 2 aromatic carbocycles. The monoisotopic (exact) mass is 535 g/mol. The number of halogens is 3. The van der Waals surface area contributed by atoms with Crippen LogP contribution in [0.15, 0.2) is 78.0 Å². The molecule has 3 aromatic rings. The van der Waals surface area contributed by atoms with Crippen LogP contribution in [0.1, 0.15) is 42.7 Å². The van der Waals surface area contributed by atoms with Crippen molar-refractivity contribution in [1.29, 1.82) is 0 Å². The van der Waals surface area contributed by atoms with Crippen molar-refractivity contribution in [3.8, 4) is 0 Å². The summed E-state index contributed by atoms with van der Waals surface area (Å²) in [4.78, 5) is 3.90. The first-order valence-corrected chi connectivity index (χ1v) is 13.5. The molecule has 1 fully saturated rings. The molecule has 1 aliphatic rings. The van der Waals surface area contributed by atoms with Crippen molar-refractivity contribution in [2.45, 2.75) is 49.0 Å². The first kappa shape index (κ1) is 28.2. The summed E-state index contributed by atoms with van der Waals surface area (Å²) in [5, 5.41) is 3.68. The molecule has 0 radical (unpaired) electrons. The van der Waals surface area contributed by atoms with Crippen LogP contribution in [0.4, 0.5) is 8.78 Å². The lowest BCUT2D eigenvalue weighted by Gasteiger charge is -2.31. The molecule has 0 spiro atoms. The second kappa shape index (κ2) is 13.2. The van der Waals surface area contributed by atoms with E-state index in [4.69, 9.17) is 0 Å². The smallest absolute Gasteiger partial charge is 0.243 e. The Bertz CT molecular complexity index is 1190. The molecule has 0 aliphatic heterocycles. The van der Waals surface area contributed by atoms with Gasteiger partial charge in [-0.2, -0.15) is 0 Å². The van der Waals surface area contributed by atoms with Crippen molar-refractivity contribution in [2.75, 3.05) is 13.1 Å². The summed E-state index contributed by atoms with van der Waals surface area (Å²) in [6, 6.07) is 16.4. The van der Waals surface area contributed by atoms with Gasteiger partial charge in [-0.05, 0) is 79.5 Å². The van der Waals surface area contributed by atoms with E-state index < -0.39 is 15.8 Å². The molecule has 9 heteroatoms. The average molecular weight is 536 g/mol. The van der Waals surface area contributed by atoms with Crippen LogP contribution in [0.5, 0.6) is 0 Å². The van der Waals surface area contributed by atoms with Crippen LogP contribution in [0, 0.1) is 17.6 Å². The van der Waals surface area contributed by atoms with Crippen molar-refractivity contribution in [3.05, 3.63) is 95.8 Å². The van der Waals surface area contributed by atoms with Crippen molar-refractivity contribution in [2.24, 2.45) is 5.92 Å². The fourth-order valence-corrected chi connectivity index (χ4v) is 5.89. The summed E-state index contributed by atoms with van der Waals surface area (Å²) in [6.45, 7) is 1.07. The Morgan fingerprint density at radius 1 is 0.944 bits per heavy atom. The Hall–Kier alpha value is -2.39. The maximum Gasteiger partial charge on any atom is 0.243 e. The van der Waals surface area contributed by atoms with Gasteiger partial charge in [0.25, 0.3) is 0 Å². The van der Waals surface area contributed by atoms with Crippen LogP contribution in [-0.2, 0) is 16.4 Å². The third-order valence-corrected chi connectivity index (χ3v) is 8.19. The number of nitrogens with one attached hydrogen (secondary N) is 2. The van der Waals surface area contributed by atoms with E-state index >= 15 is 0 Å². The molecule has 1 saturated carbocycles. The lowest BCUT2D eigenvalue weighted by atomic mass is 9.85. The predicted molar refractivity (Wildman–Crippen MR) is 140 cm³/mol. The average Bonchev–Trinajstić information content (AvgIpc) is 2.87.